The number of carbonyl (C=O) groups excluding carboxylic acids is 1. The van der Waals surface area contributed by atoms with E-state index in [1.165, 1.54) is 0 Å². The molecule has 0 bridgehead atoms. The van der Waals surface area contributed by atoms with Crippen molar-refractivity contribution >= 4 is 5.97 Å². The fourth-order valence-corrected chi connectivity index (χ4v) is 2.55. The fraction of sp³-hybridized carbons (Fsp3) is 0.500. The lowest BCUT2D eigenvalue weighted by molar-refractivity contribution is 0.0524. The Morgan fingerprint density at radius 1 is 1.50 bits per heavy atom. The topological polar surface area (TPSA) is 55.7 Å². The number of hydrogen-bond acceptors (Lipinski definition) is 4. The number of fused-ring (bicyclic) bond motifs is 1. The van der Waals surface area contributed by atoms with Crippen molar-refractivity contribution in [2.45, 2.75) is 39.2 Å². The summed E-state index contributed by atoms with van der Waals surface area (Å²) < 4.78 is 5.07. The molecule has 0 N–H and O–H groups in total. The lowest BCUT2D eigenvalue weighted by Gasteiger charge is -2.23. The Labute approximate surface area is 106 Å². The molecule has 0 aromatic heterocycles. The highest BCUT2D eigenvalue weighted by molar-refractivity contribution is 5.92. The van der Waals surface area contributed by atoms with Crippen molar-refractivity contribution in [2.24, 2.45) is 5.18 Å². The van der Waals surface area contributed by atoms with Crippen molar-refractivity contribution in [3.05, 3.63) is 39.3 Å². The van der Waals surface area contributed by atoms with Crippen LogP contribution in [0, 0.1) is 11.8 Å². The van der Waals surface area contributed by atoms with Gasteiger partial charge < -0.3 is 4.74 Å². The van der Waals surface area contributed by atoms with E-state index in [2.05, 4.69) is 5.18 Å². The van der Waals surface area contributed by atoms with Crippen LogP contribution in [0.2, 0.25) is 0 Å². The standard InChI is InChI=1S/C14H17NO3/c1-3-18-14(16)12-8-9(2)7-11-10(12)5-4-6-13(11)15-17/h7-8,13H,3-6H2,1-2H3. The predicted molar refractivity (Wildman–Crippen MR) is 68.6 cm³/mol. The molecule has 4 heteroatoms. The summed E-state index contributed by atoms with van der Waals surface area (Å²) in [5.74, 6) is -0.302. The van der Waals surface area contributed by atoms with E-state index in [1.54, 1.807) is 6.92 Å². The van der Waals surface area contributed by atoms with E-state index in [4.69, 9.17) is 4.74 Å². The van der Waals surface area contributed by atoms with E-state index in [0.29, 0.717) is 12.2 Å². The van der Waals surface area contributed by atoms with Gasteiger partial charge in [-0.3, -0.25) is 0 Å². The monoisotopic (exact) mass is 247 g/mol. The molecular weight excluding hydrogens is 230 g/mol. The first-order valence-electron chi connectivity index (χ1n) is 6.30. The first-order chi connectivity index (χ1) is 8.67. The minimum absolute atomic E-state index is 0.302. The molecular formula is C14H17NO3. The van der Waals surface area contributed by atoms with Crippen molar-refractivity contribution in [3.63, 3.8) is 0 Å². The molecule has 1 unspecified atom stereocenters. The van der Waals surface area contributed by atoms with Crippen molar-refractivity contribution in [3.8, 4) is 0 Å². The Hall–Kier alpha value is -1.71. The Morgan fingerprint density at radius 3 is 2.94 bits per heavy atom. The summed E-state index contributed by atoms with van der Waals surface area (Å²) in [6, 6.07) is 3.48. The number of aryl methyl sites for hydroxylation is 1. The number of benzene rings is 1. The lowest BCUT2D eigenvalue weighted by atomic mass is 9.84. The molecule has 1 aliphatic rings. The van der Waals surface area contributed by atoms with E-state index in [1.807, 2.05) is 19.1 Å². The Kier molecular flexibility index (Phi) is 3.75. The minimum atomic E-state index is -0.318. The van der Waals surface area contributed by atoms with Crippen LogP contribution in [-0.4, -0.2) is 12.6 Å². The first-order valence-corrected chi connectivity index (χ1v) is 6.30. The molecule has 0 amide bonds. The largest absolute Gasteiger partial charge is 0.462 e. The maximum atomic E-state index is 11.9. The third-order valence-corrected chi connectivity index (χ3v) is 3.31. The van der Waals surface area contributed by atoms with Gasteiger partial charge in [-0.05, 0) is 55.9 Å². The van der Waals surface area contributed by atoms with Crippen molar-refractivity contribution in [2.75, 3.05) is 6.61 Å². The Balaban J connectivity index is 2.51. The SMILES string of the molecule is CCOC(=O)c1cc(C)cc2c1CCCC2N=O. The van der Waals surface area contributed by atoms with Gasteiger partial charge in [0, 0.05) is 0 Å². The number of rotatable bonds is 3. The van der Waals surface area contributed by atoms with Gasteiger partial charge in [0.1, 0.15) is 6.04 Å². The quantitative estimate of drug-likeness (QED) is 0.608. The van der Waals surface area contributed by atoms with Crippen LogP contribution in [0.3, 0.4) is 0 Å². The normalized spacial score (nSPS) is 18.0. The second-order valence-electron chi connectivity index (χ2n) is 4.61. The van der Waals surface area contributed by atoms with Gasteiger partial charge in [-0.25, -0.2) is 4.79 Å². The highest BCUT2D eigenvalue weighted by Gasteiger charge is 2.26. The van der Waals surface area contributed by atoms with Crippen LogP contribution in [-0.2, 0) is 11.2 Å². The molecule has 0 fully saturated rings. The van der Waals surface area contributed by atoms with Crippen molar-refractivity contribution in [1.29, 1.82) is 0 Å². The van der Waals surface area contributed by atoms with Crippen LogP contribution in [0.25, 0.3) is 0 Å². The average Bonchev–Trinajstić information content (AvgIpc) is 2.37. The fourth-order valence-electron chi connectivity index (χ4n) is 2.55. The Morgan fingerprint density at radius 2 is 2.28 bits per heavy atom. The van der Waals surface area contributed by atoms with Gasteiger partial charge in [-0.15, -0.1) is 0 Å². The molecule has 0 saturated carbocycles. The van der Waals surface area contributed by atoms with Crippen LogP contribution in [0.5, 0.6) is 0 Å². The molecule has 0 radical (unpaired) electrons. The molecule has 96 valence electrons. The number of carbonyl (C=O) groups is 1. The van der Waals surface area contributed by atoms with E-state index in [0.717, 1.165) is 36.0 Å². The molecule has 18 heavy (non-hydrogen) atoms. The number of nitrogens with zero attached hydrogens (tertiary/aromatic N) is 1. The third-order valence-electron chi connectivity index (χ3n) is 3.31. The molecule has 1 aliphatic carbocycles. The zero-order chi connectivity index (χ0) is 13.1. The van der Waals surface area contributed by atoms with Crippen LogP contribution in [0.4, 0.5) is 0 Å². The molecule has 1 aromatic carbocycles. The summed E-state index contributed by atoms with van der Waals surface area (Å²) >= 11 is 0. The lowest BCUT2D eigenvalue weighted by Crippen LogP contribution is -2.15. The molecule has 4 nitrogen and oxygen atoms in total. The minimum Gasteiger partial charge on any atom is -0.462 e. The summed E-state index contributed by atoms with van der Waals surface area (Å²) in [5.41, 5.74) is 3.40. The van der Waals surface area contributed by atoms with E-state index in [9.17, 15) is 9.70 Å². The predicted octanol–water partition coefficient (Wildman–Crippen LogP) is 3.32. The molecule has 1 aromatic rings. The first kappa shape index (κ1) is 12.7. The second-order valence-corrected chi connectivity index (χ2v) is 4.61. The number of hydrogen-bond donors (Lipinski definition) is 0. The summed E-state index contributed by atoms with van der Waals surface area (Å²) in [6.45, 7) is 4.06. The summed E-state index contributed by atoms with van der Waals surface area (Å²) in [5, 5.41) is 3.17. The molecule has 0 heterocycles. The molecule has 2 rings (SSSR count). The van der Waals surface area contributed by atoms with Crippen LogP contribution in [0.1, 0.15) is 52.9 Å². The maximum Gasteiger partial charge on any atom is 0.338 e. The highest BCUT2D eigenvalue weighted by atomic mass is 16.5. The third kappa shape index (κ3) is 2.28. The Bertz CT molecular complexity index is 482. The molecule has 0 saturated heterocycles. The highest BCUT2D eigenvalue weighted by Crippen LogP contribution is 2.35. The van der Waals surface area contributed by atoms with Crippen LogP contribution >= 0.6 is 0 Å². The van der Waals surface area contributed by atoms with Crippen LogP contribution < -0.4 is 0 Å². The number of esters is 1. The van der Waals surface area contributed by atoms with Gasteiger partial charge >= 0.3 is 5.97 Å². The van der Waals surface area contributed by atoms with Gasteiger partial charge in [-0.2, -0.15) is 4.91 Å². The molecule has 0 aliphatic heterocycles. The zero-order valence-corrected chi connectivity index (χ0v) is 10.7. The number of ether oxygens (including phenoxy) is 1. The number of nitroso groups, excluding NO2 is 1. The van der Waals surface area contributed by atoms with E-state index < -0.39 is 0 Å². The molecule has 0 spiro atoms. The van der Waals surface area contributed by atoms with Gasteiger partial charge in [0.2, 0.25) is 0 Å². The summed E-state index contributed by atoms with van der Waals surface area (Å²) in [7, 11) is 0. The van der Waals surface area contributed by atoms with E-state index in [-0.39, 0.29) is 12.0 Å². The maximum absolute atomic E-state index is 11.9. The van der Waals surface area contributed by atoms with Gasteiger partial charge in [0.05, 0.1) is 12.2 Å². The van der Waals surface area contributed by atoms with Gasteiger partial charge in [0.15, 0.2) is 0 Å². The van der Waals surface area contributed by atoms with E-state index >= 15 is 0 Å². The van der Waals surface area contributed by atoms with Crippen LogP contribution in [0.15, 0.2) is 17.3 Å². The zero-order valence-electron chi connectivity index (χ0n) is 10.7. The summed E-state index contributed by atoms with van der Waals surface area (Å²) in [6.07, 6.45) is 2.47. The smallest absolute Gasteiger partial charge is 0.338 e. The molecule has 1 atom stereocenters. The average molecular weight is 247 g/mol. The van der Waals surface area contributed by atoms with Crippen molar-refractivity contribution in [1.82, 2.24) is 0 Å². The van der Waals surface area contributed by atoms with Gasteiger partial charge in [-0.1, -0.05) is 11.2 Å². The van der Waals surface area contributed by atoms with Crippen molar-refractivity contribution < 1.29 is 9.53 Å². The summed E-state index contributed by atoms with van der Waals surface area (Å²) in [4.78, 5) is 22.8. The second kappa shape index (κ2) is 5.29. The van der Waals surface area contributed by atoms with Gasteiger partial charge in [0.25, 0.3) is 0 Å².